The molecule has 0 radical (unpaired) electrons. The molecule has 0 aromatic rings. The van der Waals surface area contributed by atoms with Crippen LogP contribution in [0.3, 0.4) is 0 Å². The number of rotatable bonds is 4. The Bertz CT molecular complexity index is 606. The van der Waals surface area contributed by atoms with Crippen molar-refractivity contribution in [3.63, 3.8) is 0 Å². The van der Waals surface area contributed by atoms with Crippen LogP contribution in [0.2, 0.25) is 0 Å². The van der Waals surface area contributed by atoms with Crippen molar-refractivity contribution in [3.8, 4) is 0 Å². The number of aliphatic carboxylic acids is 1. The first-order chi connectivity index (χ1) is 10.5. The van der Waals surface area contributed by atoms with Gasteiger partial charge in [-0.05, 0) is 18.9 Å². The fourth-order valence-electron chi connectivity index (χ4n) is 3.13. The molecule has 3 unspecified atom stereocenters. The number of carbonyl (C=O) groups excluding carboxylic acids is 2. The molecule has 2 aliphatic carbocycles. The van der Waals surface area contributed by atoms with Crippen LogP contribution in [0.4, 0.5) is 0 Å². The van der Waals surface area contributed by atoms with Gasteiger partial charge in [-0.3, -0.25) is 14.4 Å². The van der Waals surface area contributed by atoms with Gasteiger partial charge in [-0.2, -0.15) is 0 Å². The van der Waals surface area contributed by atoms with Crippen molar-refractivity contribution in [2.45, 2.75) is 31.5 Å². The SMILES string of the molecule is O=CNC1=C(O)CC2C(=O)C(C(=O)O)C(O)N(C3CC3)C2=C1. The van der Waals surface area contributed by atoms with Crippen molar-refractivity contribution < 1.29 is 29.7 Å². The third kappa shape index (κ3) is 2.16. The molecule has 0 bridgehead atoms. The van der Waals surface area contributed by atoms with Crippen LogP contribution in [0.1, 0.15) is 19.3 Å². The Morgan fingerprint density at radius 3 is 2.64 bits per heavy atom. The van der Waals surface area contributed by atoms with Gasteiger partial charge in [0.15, 0.2) is 11.7 Å². The molecule has 8 heteroatoms. The van der Waals surface area contributed by atoms with Gasteiger partial charge in [0.05, 0.1) is 11.6 Å². The lowest BCUT2D eigenvalue weighted by Crippen LogP contribution is -2.56. The molecule has 22 heavy (non-hydrogen) atoms. The Hall–Kier alpha value is -2.35. The van der Waals surface area contributed by atoms with E-state index in [1.54, 1.807) is 4.90 Å². The van der Waals surface area contributed by atoms with E-state index >= 15 is 0 Å². The molecule has 1 heterocycles. The largest absolute Gasteiger partial charge is 0.510 e. The highest BCUT2D eigenvalue weighted by Gasteiger charge is 2.53. The summed E-state index contributed by atoms with van der Waals surface area (Å²) < 4.78 is 0. The molecule has 0 spiro atoms. The normalized spacial score (nSPS) is 31.5. The average Bonchev–Trinajstić information content (AvgIpc) is 3.25. The predicted octanol–water partition coefficient (Wildman–Crippen LogP) is -0.528. The van der Waals surface area contributed by atoms with Crippen LogP contribution in [-0.2, 0) is 14.4 Å². The Morgan fingerprint density at radius 2 is 2.09 bits per heavy atom. The van der Waals surface area contributed by atoms with Gasteiger partial charge in [0.2, 0.25) is 6.41 Å². The number of hydrogen-bond donors (Lipinski definition) is 4. The monoisotopic (exact) mass is 308 g/mol. The number of carboxylic acids is 1. The minimum absolute atomic E-state index is 0.0172. The second kappa shape index (κ2) is 5.13. The molecule has 4 N–H and O–H groups in total. The summed E-state index contributed by atoms with van der Waals surface area (Å²) in [4.78, 5) is 35.8. The van der Waals surface area contributed by atoms with Gasteiger partial charge >= 0.3 is 5.97 Å². The lowest BCUT2D eigenvalue weighted by Gasteiger charge is -2.44. The van der Waals surface area contributed by atoms with Crippen molar-refractivity contribution in [2.75, 3.05) is 0 Å². The molecular weight excluding hydrogens is 292 g/mol. The molecular formula is C14H16N2O6. The molecule has 0 aromatic carbocycles. The zero-order valence-electron chi connectivity index (χ0n) is 11.6. The minimum atomic E-state index is -1.53. The molecule has 1 saturated heterocycles. The summed E-state index contributed by atoms with van der Waals surface area (Å²) in [6.07, 6.45) is 1.93. The molecule has 3 rings (SSSR count). The summed E-state index contributed by atoms with van der Waals surface area (Å²) in [6, 6.07) is -0.0172. The molecule has 1 aliphatic heterocycles. The number of piperidine rings is 1. The van der Waals surface area contributed by atoms with Crippen molar-refractivity contribution in [3.05, 3.63) is 23.2 Å². The highest BCUT2D eigenvalue weighted by atomic mass is 16.4. The number of fused-ring (bicyclic) bond motifs is 1. The number of carboxylic acid groups (broad SMARTS) is 1. The molecule has 2 fully saturated rings. The number of amides is 1. The number of nitrogens with zero attached hydrogens (tertiary/aromatic N) is 1. The highest BCUT2D eigenvalue weighted by molar-refractivity contribution is 6.02. The molecule has 3 atom stereocenters. The van der Waals surface area contributed by atoms with Crippen LogP contribution < -0.4 is 5.32 Å². The number of carbonyl (C=O) groups is 3. The van der Waals surface area contributed by atoms with Crippen LogP contribution in [0.25, 0.3) is 0 Å². The third-order valence-electron chi connectivity index (χ3n) is 4.31. The van der Waals surface area contributed by atoms with Gasteiger partial charge in [-0.25, -0.2) is 0 Å². The second-order valence-corrected chi connectivity index (χ2v) is 5.72. The maximum atomic E-state index is 12.4. The van der Waals surface area contributed by atoms with Crippen LogP contribution >= 0.6 is 0 Å². The molecule has 1 saturated carbocycles. The van der Waals surface area contributed by atoms with Gasteiger partial charge in [-0.15, -0.1) is 0 Å². The van der Waals surface area contributed by atoms with Gasteiger partial charge in [0.1, 0.15) is 12.0 Å². The molecule has 1 amide bonds. The molecule has 0 aromatic heterocycles. The van der Waals surface area contributed by atoms with E-state index in [2.05, 4.69) is 5.32 Å². The van der Waals surface area contributed by atoms with E-state index in [4.69, 9.17) is 0 Å². The first-order valence-electron chi connectivity index (χ1n) is 7.02. The van der Waals surface area contributed by atoms with E-state index in [1.807, 2.05) is 0 Å². The maximum absolute atomic E-state index is 12.4. The second-order valence-electron chi connectivity index (χ2n) is 5.72. The summed E-state index contributed by atoms with van der Waals surface area (Å²) in [5, 5.41) is 31.8. The smallest absolute Gasteiger partial charge is 0.318 e. The van der Waals surface area contributed by atoms with Crippen LogP contribution in [0.15, 0.2) is 23.2 Å². The Kier molecular flexibility index (Phi) is 3.40. The van der Waals surface area contributed by atoms with E-state index in [0.29, 0.717) is 12.1 Å². The fourth-order valence-corrected chi connectivity index (χ4v) is 3.13. The van der Waals surface area contributed by atoms with Gasteiger partial charge in [0.25, 0.3) is 0 Å². The van der Waals surface area contributed by atoms with E-state index < -0.39 is 29.8 Å². The number of aliphatic hydroxyl groups is 2. The molecule has 8 nitrogen and oxygen atoms in total. The number of allylic oxidation sites excluding steroid dienone is 3. The van der Waals surface area contributed by atoms with E-state index in [1.165, 1.54) is 6.08 Å². The number of Topliss-reactive ketones (excluding diaryl/α,β-unsaturated/α-hetero) is 1. The van der Waals surface area contributed by atoms with Gasteiger partial charge < -0.3 is 25.5 Å². The maximum Gasteiger partial charge on any atom is 0.318 e. The van der Waals surface area contributed by atoms with Crippen molar-refractivity contribution in [1.29, 1.82) is 0 Å². The summed E-state index contributed by atoms with van der Waals surface area (Å²) in [7, 11) is 0. The van der Waals surface area contributed by atoms with Gasteiger partial charge in [0, 0.05) is 18.2 Å². The van der Waals surface area contributed by atoms with Crippen molar-refractivity contribution in [1.82, 2.24) is 10.2 Å². The van der Waals surface area contributed by atoms with E-state index in [0.717, 1.165) is 12.8 Å². The van der Waals surface area contributed by atoms with Crippen LogP contribution in [0, 0.1) is 11.8 Å². The van der Waals surface area contributed by atoms with Crippen LogP contribution in [-0.4, -0.2) is 50.7 Å². The predicted molar refractivity (Wildman–Crippen MR) is 72.0 cm³/mol. The molecule has 3 aliphatic rings. The zero-order valence-corrected chi connectivity index (χ0v) is 11.6. The van der Waals surface area contributed by atoms with E-state index in [9.17, 15) is 29.7 Å². The molecule has 118 valence electrons. The Morgan fingerprint density at radius 1 is 1.41 bits per heavy atom. The third-order valence-corrected chi connectivity index (χ3v) is 4.31. The van der Waals surface area contributed by atoms with Crippen molar-refractivity contribution >= 4 is 18.2 Å². The van der Waals surface area contributed by atoms with Gasteiger partial charge in [-0.1, -0.05) is 0 Å². The Balaban J connectivity index is 2.03. The number of likely N-dealkylation sites (tertiary alicyclic amines) is 1. The highest BCUT2D eigenvalue weighted by Crippen LogP contribution is 2.44. The summed E-state index contributed by atoms with van der Waals surface area (Å²) in [5.74, 6) is -4.52. The lowest BCUT2D eigenvalue weighted by molar-refractivity contribution is -0.163. The number of hydrogen-bond acceptors (Lipinski definition) is 6. The summed E-state index contributed by atoms with van der Waals surface area (Å²) in [6.45, 7) is 0. The minimum Gasteiger partial charge on any atom is -0.510 e. The quantitative estimate of drug-likeness (QED) is 0.406. The lowest BCUT2D eigenvalue weighted by atomic mass is 9.78. The Labute approximate surface area is 125 Å². The average molecular weight is 308 g/mol. The number of aliphatic hydroxyl groups excluding tert-OH is 2. The first kappa shape index (κ1) is 14.6. The van der Waals surface area contributed by atoms with Crippen LogP contribution in [0.5, 0.6) is 0 Å². The summed E-state index contributed by atoms with van der Waals surface area (Å²) in [5.41, 5.74) is 0.625. The van der Waals surface area contributed by atoms with Crippen molar-refractivity contribution in [2.24, 2.45) is 11.8 Å². The fraction of sp³-hybridized carbons (Fsp3) is 0.500. The first-order valence-corrected chi connectivity index (χ1v) is 7.02. The zero-order chi connectivity index (χ0) is 16.0. The number of ketones is 1. The summed E-state index contributed by atoms with van der Waals surface area (Å²) >= 11 is 0. The topological polar surface area (TPSA) is 127 Å². The standard InChI is InChI=1S/C14H16N2O6/c17-5-15-8-4-9-7(3-10(8)18)12(19)11(14(21)22)13(20)16(9)6-1-2-6/h4-7,11,13,18,20H,1-3H2,(H,15,17)(H,21,22). The van der Waals surface area contributed by atoms with E-state index in [-0.39, 0.29) is 23.9 Å². The number of nitrogens with one attached hydrogen (secondary N) is 1.